The van der Waals surface area contributed by atoms with Gasteiger partial charge < -0.3 is 24.3 Å². The van der Waals surface area contributed by atoms with Crippen molar-refractivity contribution in [3.05, 3.63) is 53.1 Å². The normalized spacial score (nSPS) is 9.97. The van der Waals surface area contributed by atoms with Crippen LogP contribution in [-0.4, -0.2) is 51.6 Å². The highest BCUT2D eigenvalue weighted by molar-refractivity contribution is 6.03. The van der Waals surface area contributed by atoms with E-state index >= 15 is 0 Å². The van der Waals surface area contributed by atoms with Crippen LogP contribution in [0.5, 0.6) is 11.5 Å². The number of ether oxygens (including phenoxy) is 4. The molecule has 2 rings (SSSR count). The molecule has 0 aliphatic heterocycles. The van der Waals surface area contributed by atoms with Crippen molar-refractivity contribution in [1.82, 2.24) is 0 Å². The number of benzene rings is 2. The summed E-state index contributed by atoms with van der Waals surface area (Å²) in [6.07, 6.45) is 0.476. The van der Waals surface area contributed by atoms with Gasteiger partial charge in [0.2, 0.25) is 0 Å². The molecular weight excluding hydrogens is 394 g/mol. The Morgan fingerprint density at radius 1 is 0.933 bits per heavy atom. The predicted molar refractivity (Wildman–Crippen MR) is 106 cm³/mol. The lowest BCUT2D eigenvalue weighted by Gasteiger charge is -2.14. The first-order valence-electron chi connectivity index (χ1n) is 8.89. The highest BCUT2D eigenvalue weighted by Gasteiger charge is 2.23. The zero-order valence-electron chi connectivity index (χ0n) is 16.7. The number of nitrogens with one attached hydrogen (secondary N) is 1. The van der Waals surface area contributed by atoms with E-state index in [0.29, 0.717) is 17.5 Å². The molecule has 0 saturated heterocycles. The van der Waals surface area contributed by atoms with Crippen LogP contribution in [0.25, 0.3) is 0 Å². The first kappa shape index (κ1) is 22.4. The molecule has 9 nitrogen and oxygen atoms in total. The fraction of sp³-hybridized carbons (Fsp3) is 0.238. The van der Waals surface area contributed by atoms with E-state index in [0.717, 1.165) is 0 Å². The molecule has 1 N–H and O–H groups in total. The summed E-state index contributed by atoms with van der Waals surface area (Å²) in [4.78, 5) is 47.5. The van der Waals surface area contributed by atoms with Gasteiger partial charge in [0, 0.05) is 11.3 Å². The second-order valence-electron chi connectivity index (χ2n) is 5.81. The van der Waals surface area contributed by atoms with Crippen molar-refractivity contribution in [1.29, 1.82) is 0 Å². The van der Waals surface area contributed by atoms with Gasteiger partial charge >= 0.3 is 11.9 Å². The highest BCUT2D eigenvalue weighted by atomic mass is 16.5. The lowest BCUT2D eigenvalue weighted by molar-refractivity contribution is -0.119. The predicted octanol–water partition coefficient (Wildman–Crippen LogP) is 2.49. The maximum Gasteiger partial charge on any atom is 0.343 e. The number of hydrogen-bond acceptors (Lipinski definition) is 8. The molecule has 0 bridgehead atoms. The monoisotopic (exact) mass is 415 g/mol. The fourth-order valence-electron chi connectivity index (χ4n) is 2.56. The largest absolute Gasteiger partial charge is 0.493 e. The molecule has 0 fully saturated rings. The zero-order valence-corrected chi connectivity index (χ0v) is 16.7. The molecule has 0 aliphatic carbocycles. The van der Waals surface area contributed by atoms with Gasteiger partial charge in [-0.25, -0.2) is 9.59 Å². The maximum absolute atomic E-state index is 12.5. The molecule has 158 valence electrons. The summed E-state index contributed by atoms with van der Waals surface area (Å²) in [5.74, 6) is -1.73. The third-order valence-electron chi connectivity index (χ3n) is 3.92. The van der Waals surface area contributed by atoms with Crippen molar-refractivity contribution in [2.24, 2.45) is 0 Å². The Balaban J connectivity index is 2.04. The average molecular weight is 415 g/mol. The average Bonchev–Trinajstić information content (AvgIpc) is 2.76. The molecule has 0 unspecified atom stereocenters. The molecule has 2 aromatic rings. The Hall–Kier alpha value is -3.88. The van der Waals surface area contributed by atoms with Crippen molar-refractivity contribution in [2.45, 2.75) is 6.92 Å². The summed E-state index contributed by atoms with van der Waals surface area (Å²) in [5.41, 5.74) is 0.635. The standard InChI is InChI=1S/C21H21NO8/c1-4-29-20(25)13-5-8-15(9-6-13)22-17(24)12-30-21(26)18-14(11-23)7-10-16(27-2)19(18)28-3/h5-11H,4,12H2,1-3H3,(H,22,24). The molecule has 0 radical (unpaired) electrons. The van der Waals surface area contributed by atoms with Crippen LogP contribution in [0.3, 0.4) is 0 Å². The minimum Gasteiger partial charge on any atom is -0.493 e. The van der Waals surface area contributed by atoms with E-state index in [9.17, 15) is 19.2 Å². The molecule has 0 spiro atoms. The molecule has 0 aromatic heterocycles. The van der Waals surface area contributed by atoms with Crippen molar-refractivity contribution in [3.8, 4) is 11.5 Å². The second kappa shape index (κ2) is 10.6. The first-order chi connectivity index (χ1) is 14.4. The summed E-state index contributed by atoms with van der Waals surface area (Å²) < 4.78 is 20.2. The van der Waals surface area contributed by atoms with Gasteiger partial charge in [-0.15, -0.1) is 0 Å². The third-order valence-corrected chi connectivity index (χ3v) is 3.92. The van der Waals surface area contributed by atoms with Crippen LogP contribution in [0.1, 0.15) is 38.0 Å². The van der Waals surface area contributed by atoms with Crippen molar-refractivity contribution in [3.63, 3.8) is 0 Å². The summed E-state index contributed by atoms with van der Waals surface area (Å²) >= 11 is 0. The van der Waals surface area contributed by atoms with Crippen LogP contribution in [0, 0.1) is 0 Å². The summed E-state index contributed by atoms with van der Waals surface area (Å²) in [6.45, 7) is 1.36. The number of hydrogen-bond donors (Lipinski definition) is 1. The quantitative estimate of drug-likeness (QED) is 0.490. The second-order valence-corrected chi connectivity index (χ2v) is 5.81. The van der Waals surface area contributed by atoms with E-state index in [1.54, 1.807) is 6.92 Å². The molecule has 1 amide bonds. The number of anilines is 1. The van der Waals surface area contributed by atoms with Crippen molar-refractivity contribution >= 4 is 29.8 Å². The lowest BCUT2D eigenvalue weighted by atomic mass is 10.1. The highest BCUT2D eigenvalue weighted by Crippen LogP contribution is 2.33. The minimum atomic E-state index is -0.916. The van der Waals surface area contributed by atoms with Gasteiger partial charge in [0.25, 0.3) is 5.91 Å². The van der Waals surface area contributed by atoms with Gasteiger partial charge in [-0.3, -0.25) is 9.59 Å². The smallest absolute Gasteiger partial charge is 0.343 e. The molecule has 0 heterocycles. The van der Waals surface area contributed by atoms with Crippen LogP contribution < -0.4 is 14.8 Å². The van der Waals surface area contributed by atoms with Crippen molar-refractivity contribution < 1.29 is 38.1 Å². The van der Waals surface area contributed by atoms with Gasteiger partial charge in [0.1, 0.15) is 5.56 Å². The molecule has 30 heavy (non-hydrogen) atoms. The minimum absolute atomic E-state index is 0.0297. The Morgan fingerprint density at radius 2 is 1.63 bits per heavy atom. The van der Waals surface area contributed by atoms with Gasteiger partial charge in [0.05, 0.1) is 26.4 Å². The molecule has 9 heteroatoms. The molecule has 0 atom stereocenters. The number of aldehydes is 1. The summed E-state index contributed by atoms with van der Waals surface area (Å²) in [7, 11) is 2.70. The van der Waals surface area contributed by atoms with Crippen LogP contribution in [-0.2, 0) is 14.3 Å². The topological polar surface area (TPSA) is 117 Å². The lowest BCUT2D eigenvalue weighted by Crippen LogP contribution is -2.22. The van der Waals surface area contributed by atoms with Crippen molar-refractivity contribution in [2.75, 3.05) is 32.8 Å². The molecule has 0 aliphatic rings. The van der Waals surface area contributed by atoms with Crippen LogP contribution in [0.2, 0.25) is 0 Å². The van der Waals surface area contributed by atoms with E-state index in [4.69, 9.17) is 18.9 Å². The summed E-state index contributed by atoms with van der Waals surface area (Å²) in [5, 5.41) is 2.53. The number of carbonyl (C=O) groups excluding carboxylic acids is 4. The van der Waals surface area contributed by atoms with E-state index in [-0.39, 0.29) is 29.2 Å². The Morgan fingerprint density at radius 3 is 2.20 bits per heavy atom. The van der Waals surface area contributed by atoms with Gasteiger partial charge in [0.15, 0.2) is 24.4 Å². The Bertz CT molecular complexity index is 937. The van der Waals surface area contributed by atoms with E-state index < -0.39 is 24.5 Å². The summed E-state index contributed by atoms with van der Waals surface area (Å²) in [6, 6.07) is 8.89. The van der Waals surface area contributed by atoms with Crippen LogP contribution in [0.4, 0.5) is 5.69 Å². The number of esters is 2. The van der Waals surface area contributed by atoms with E-state index in [2.05, 4.69) is 5.32 Å². The van der Waals surface area contributed by atoms with Gasteiger partial charge in [-0.1, -0.05) is 0 Å². The molecular formula is C21H21NO8. The Labute approximate surface area is 172 Å². The molecule has 0 saturated carbocycles. The Kier molecular flexibility index (Phi) is 7.92. The third kappa shape index (κ3) is 5.34. The number of methoxy groups -OCH3 is 2. The molecule has 2 aromatic carbocycles. The zero-order chi connectivity index (χ0) is 22.1. The number of carbonyl (C=O) groups is 4. The fourth-order valence-corrected chi connectivity index (χ4v) is 2.56. The first-order valence-corrected chi connectivity index (χ1v) is 8.89. The van der Waals surface area contributed by atoms with Crippen LogP contribution >= 0.6 is 0 Å². The maximum atomic E-state index is 12.5. The van der Waals surface area contributed by atoms with Gasteiger partial charge in [-0.2, -0.15) is 0 Å². The van der Waals surface area contributed by atoms with E-state index in [1.807, 2.05) is 0 Å². The van der Waals surface area contributed by atoms with Crippen LogP contribution in [0.15, 0.2) is 36.4 Å². The van der Waals surface area contributed by atoms with Gasteiger partial charge in [-0.05, 0) is 43.3 Å². The van der Waals surface area contributed by atoms with E-state index in [1.165, 1.54) is 50.6 Å². The number of rotatable bonds is 9. The number of amides is 1. The SMILES string of the molecule is CCOC(=O)c1ccc(NC(=O)COC(=O)c2c(C=O)ccc(OC)c2OC)cc1.